The first-order chi connectivity index (χ1) is 12.6. The number of carbonyl (C=O) groups is 2. The number of rotatable bonds is 6. The zero-order valence-electron chi connectivity index (χ0n) is 14.5. The molecule has 1 unspecified atom stereocenters. The number of esters is 1. The van der Waals surface area contributed by atoms with Gasteiger partial charge in [0.15, 0.2) is 17.6 Å². The van der Waals surface area contributed by atoms with E-state index >= 15 is 0 Å². The average molecular weight is 357 g/mol. The van der Waals surface area contributed by atoms with Gasteiger partial charge < -0.3 is 24.3 Å². The quantitative estimate of drug-likeness (QED) is 0.799. The number of carbonyl (C=O) groups excluding carboxylic acids is 2. The lowest BCUT2D eigenvalue weighted by atomic mass is 10.2. The molecule has 1 aliphatic heterocycles. The Hall–Kier alpha value is -3.22. The molecule has 0 fully saturated rings. The highest BCUT2D eigenvalue weighted by atomic mass is 16.7. The van der Waals surface area contributed by atoms with Gasteiger partial charge in [-0.1, -0.05) is 12.1 Å². The number of amides is 1. The second-order valence-electron chi connectivity index (χ2n) is 5.68. The van der Waals surface area contributed by atoms with Crippen LogP contribution in [0.2, 0.25) is 0 Å². The van der Waals surface area contributed by atoms with E-state index in [2.05, 4.69) is 5.32 Å². The summed E-state index contributed by atoms with van der Waals surface area (Å²) in [6.45, 7) is 2.01. The molecule has 2 aromatic carbocycles. The maximum Gasteiger partial charge on any atom is 0.339 e. The average Bonchev–Trinajstić information content (AvgIpc) is 3.13. The van der Waals surface area contributed by atoms with Crippen LogP contribution in [0.5, 0.6) is 17.2 Å². The van der Waals surface area contributed by atoms with Gasteiger partial charge >= 0.3 is 5.97 Å². The molecule has 0 saturated heterocycles. The first-order valence-corrected chi connectivity index (χ1v) is 8.08. The molecule has 1 amide bonds. The van der Waals surface area contributed by atoms with Crippen molar-refractivity contribution in [2.24, 2.45) is 0 Å². The third kappa shape index (κ3) is 4.05. The Labute approximate surface area is 150 Å². The first kappa shape index (κ1) is 17.6. The molecule has 1 atom stereocenters. The third-order valence-electron chi connectivity index (χ3n) is 3.86. The molecule has 0 saturated carbocycles. The van der Waals surface area contributed by atoms with E-state index in [1.165, 1.54) is 14.0 Å². The van der Waals surface area contributed by atoms with Gasteiger partial charge in [-0.15, -0.1) is 0 Å². The third-order valence-corrected chi connectivity index (χ3v) is 3.86. The van der Waals surface area contributed by atoms with Crippen LogP contribution < -0.4 is 19.5 Å². The van der Waals surface area contributed by atoms with E-state index in [-0.39, 0.29) is 19.2 Å². The van der Waals surface area contributed by atoms with Gasteiger partial charge in [0.1, 0.15) is 5.75 Å². The van der Waals surface area contributed by atoms with Crippen molar-refractivity contribution in [3.05, 3.63) is 53.6 Å². The molecule has 1 aliphatic rings. The summed E-state index contributed by atoms with van der Waals surface area (Å²) >= 11 is 0. The summed E-state index contributed by atoms with van der Waals surface area (Å²) in [4.78, 5) is 24.3. The molecule has 0 aliphatic carbocycles. The summed E-state index contributed by atoms with van der Waals surface area (Å²) in [6.07, 6.45) is -0.928. The summed E-state index contributed by atoms with van der Waals surface area (Å²) in [7, 11) is 1.51. The molecular formula is C19H19NO6. The molecule has 0 radical (unpaired) electrons. The minimum Gasteiger partial charge on any atom is -0.497 e. The fraction of sp³-hybridized carbons (Fsp3) is 0.263. The first-order valence-electron chi connectivity index (χ1n) is 8.08. The van der Waals surface area contributed by atoms with Crippen molar-refractivity contribution in [3.63, 3.8) is 0 Å². The van der Waals surface area contributed by atoms with Crippen molar-refractivity contribution in [2.45, 2.75) is 19.6 Å². The smallest absolute Gasteiger partial charge is 0.339 e. The Kier molecular flexibility index (Phi) is 5.26. The number of ether oxygens (including phenoxy) is 4. The Morgan fingerprint density at radius 1 is 1.15 bits per heavy atom. The zero-order chi connectivity index (χ0) is 18.5. The predicted octanol–water partition coefficient (Wildman–Crippen LogP) is 2.29. The van der Waals surface area contributed by atoms with E-state index in [1.807, 2.05) is 6.07 Å². The highest BCUT2D eigenvalue weighted by Crippen LogP contribution is 2.32. The molecule has 7 heteroatoms. The van der Waals surface area contributed by atoms with Crippen molar-refractivity contribution in [3.8, 4) is 17.2 Å². The molecule has 0 spiro atoms. The van der Waals surface area contributed by atoms with Crippen molar-refractivity contribution in [1.82, 2.24) is 5.32 Å². The number of fused-ring (bicyclic) bond motifs is 1. The lowest BCUT2D eigenvalue weighted by molar-refractivity contribution is -0.129. The fourth-order valence-electron chi connectivity index (χ4n) is 2.42. The minimum atomic E-state index is -0.928. The molecular weight excluding hydrogens is 338 g/mol. The summed E-state index contributed by atoms with van der Waals surface area (Å²) in [5.41, 5.74) is 1.17. The van der Waals surface area contributed by atoms with E-state index in [4.69, 9.17) is 18.9 Å². The Morgan fingerprint density at radius 3 is 2.77 bits per heavy atom. The van der Waals surface area contributed by atoms with Crippen LogP contribution in [0.1, 0.15) is 22.8 Å². The van der Waals surface area contributed by atoms with Crippen LogP contribution in [0.25, 0.3) is 0 Å². The van der Waals surface area contributed by atoms with Crippen LogP contribution in [0.15, 0.2) is 42.5 Å². The maximum atomic E-state index is 12.2. The predicted molar refractivity (Wildman–Crippen MR) is 92.3 cm³/mol. The minimum absolute atomic E-state index is 0.197. The zero-order valence-corrected chi connectivity index (χ0v) is 14.5. The van der Waals surface area contributed by atoms with Crippen molar-refractivity contribution in [1.29, 1.82) is 0 Å². The second-order valence-corrected chi connectivity index (χ2v) is 5.68. The molecule has 1 N–H and O–H groups in total. The van der Waals surface area contributed by atoms with Gasteiger partial charge in [0, 0.05) is 6.54 Å². The van der Waals surface area contributed by atoms with Crippen LogP contribution in [0.4, 0.5) is 0 Å². The second kappa shape index (κ2) is 7.77. The largest absolute Gasteiger partial charge is 0.497 e. The molecule has 2 aromatic rings. The van der Waals surface area contributed by atoms with Crippen LogP contribution in [-0.2, 0) is 16.1 Å². The number of hydrogen-bond donors (Lipinski definition) is 1. The molecule has 26 heavy (non-hydrogen) atoms. The lowest BCUT2D eigenvalue weighted by Gasteiger charge is -2.14. The van der Waals surface area contributed by atoms with Crippen LogP contribution in [0, 0.1) is 0 Å². The van der Waals surface area contributed by atoms with E-state index in [0.717, 1.165) is 5.56 Å². The number of hydrogen-bond acceptors (Lipinski definition) is 6. The van der Waals surface area contributed by atoms with E-state index in [1.54, 1.807) is 36.4 Å². The summed E-state index contributed by atoms with van der Waals surface area (Å²) < 4.78 is 20.8. The number of benzene rings is 2. The molecule has 3 rings (SSSR count). The SMILES string of the molecule is COc1cccc(C(=O)OC(C)C(=O)NCc2ccc3c(c2)OCO3)c1. The maximum absolute atomic E-state index is 12.2. The highest BCUT2D eigenvalue weighted by molar-refractivity contribution is 5.92. The van der Waals surface area contributed by atoms with Gasteiger partial charge in [0.25, 0.3) is 5.91 Å². The molecule has 1 heterocycles. The van der Waals surface area contributed by atoms with E-state index < -0.39 is 12.1 Å². The van der Waals surface area contributed by atoms with Crippen LogP contribution in [-0.4, -0.2) is 31.9 Å². The summed E-state index contributed by atoms with van der Waals surface area (Å²) in [5.74, 6) is 0.891. The highest BCUT2D eigenvalue weighted by Gasteiger charge is 2.19. The molecule has 0 bridgehead atoms. The van der Waals surface area contributed by atoms with Crippen LogP contribution >= 0.6 is 0 Å². The Balaban J connectivity index is 1.53. The van der Waals surface area contributed by atoms with Crippen molar-refractivity contribution >= 4 is 11.9 Å². The van der Waals surface area contributed by atoms with E-state index in [0.29, 0.717) is 22.8 Å². The number of nitrogens with one attached hydrogen (secondary N) is 1. The van der Waals surface area contributed by atoms with Crippen molar-refractivity contribution in [2.75, 3.05) is 13.9 Å². The van der Waals surface area contributed by atoms with Gasteiger partial charge in [-0.25, -0.2) is 4.79 Å². The molecule has 7 nitrogen and oxygen atoms in total. The van der Waals surface area contributed by atoms with E-state index in [9.17, 15) is 9.59 Å². The topological polar surface area (TPSA) is 83.1 Å². The Morgan fingerprint density at radius 2 is 1.96 bits per heavy atom. The standard InChI is InChI=1S/C19H19NO6/c1-12(26-19(22)14-4-3-5-15(9-14)23-2)18(21)20-10-13-6-7-16-17(8-13)25-11-24-16/h3-9,12H,10-11H2,1-2H3,(H,20,21). The van der Waals surface area contributed by atoms with Gasteiger partial charge in [-0.3, -0.25) is 4.79 Å². The lowest BCUT2D eigenvalue weighted by Crippen LogP contribution is -2.35. The summed E-state index contributed by atoms with van der Waals surface area (Å²) in [5, 5.41) is 2.73. The molecule has 0 aromatic heterocycles. The van der Waals surface area contributed by atoms with Crippen LogP contribution in [0.3, 0.4) is 0 Å². The number of methoxy groups -OCH3 is 1. The summed E-state index contributed by atoms with van der Waals surface area (Å²) in [6, 6.07) is 12.0. The normalized spacial score (nSPS) is 13.0. The molecule has 136 valence electrons. The van der Waals surface area contributed by atoms with Gasteiger partial charge in [-0.05, 0) is 42.8 Å². The van der Waals surface area contributed by atoms with Gasteiger partial charge in [-0.2, -0.15) is 0 Å². The van der Waals surface area contributed by atoms with Crippen molar-refractivity contribution < 1.29 is 28.5 Å². The fourth-order valence-corrected chi connectivity index (χ4v) is 2.42. The van der Waals surface area contributed by atoms with Gasteiger partial charge in [0.05, 0.1) is 12.7 Å². The monoisotopic (exact) mass is 357 g/mol. The Bertz CT molecular complexity index is 819. The van der Waals surface area contributed by atoms with Gasteiger partial charge in [0.2, 0.25) is 6.79 Å².